The van der Waals surface area contributed by atoms with Crippen LogP contribution in [0.3, 0.4) is 0 Å². The Morgan fingerprint density at radius 1 is 0.759 bits per heavy atom. The summed E-state index contributed by atoms with van der Waals surface area (Å²) in [6, 6.07) is 0. The molecule has 0 aromatic rings. The Morgan fingerprint density at radius 2 is 1.36 bits per heavy atom. The summed E-state index contributed by atoms with van der Waals surface area (Å²) in [4.78, 5) is 24.4. The molecule has 58 heavy (non-hydrogen) atoms. The lowest BCUT2D eigenvalue weighted by molar-refractivity contribution is -0.336. The molecule has 15 nitrogen and oxygen atoms in total. The average molecular weight is 823 g/mol. The third kappa shape index (κ3) is 7.60. The van der Waals surface area contributed by atoms with Gasteiger partial charge in [0.25, 0.3) is 0 Å². The van der Waals surface area contributed by atoms with Crippen LogP contribution < -0.4 is 0 Å². The van der Waals surface area contributed by atoms with Crippen LogP contribution in [-0.4, -0.2) is 136 Å². The van der Waals surface area contributed by atoms with Crippen molar-refractivity contribution >= 4 is 11.9 Å². The molecule has 8 aliphatic rings. The maximum atomic E-state index is 12.8. The topological polar surface area (TPSA) is 209 Å². The van der Waals surface area contributed by atoms with Crippen molar-refractivity contribution in [2.24, 2.45) is 34.5 Å². The third-order valence-corrected chi connectivity index (χ3v) is 16.1. The number of carbonyl (C=O) groups is 2. The minimum atomic E-state index is -1.05. The molecule has 0 unspecified atom stereocenters. The molecule has 328 valence electrons. The lowest BCUT2D eigenvalue weighted by atomic mass is 9.43. The first-order chi connectivity index (χ1) is 27.4. The number of rotatable bonds is 8. The summed E-state index contributed by atoms with van der Waals surface area (Å²) in [6.45, 7) is 11.3. The van der Waals surface area contributed by atoms with Gasteiger partial charge in [0.2, 0.25) is 0 Å². The molecule has 0 spiro atoms. The van der Waals surface area contributed by atoms with Crippen molar-refractivity contribution in [1.29, 1.82) is 0 Å². The highest BCUT2D eigenvalue weighted by atomic mass is 16.7. The molecular weight excluding hydrogens is 756 g/mol. The summed E-state index contributed by atoms with van der Waals surface area (Å²) in [7, 11) is 0. The first-order valence-corrected chi connectivity index (χ1v) is 21.8. The minimum Gasteiger partial charge on any atom is -0.462 e. The minimum absolute atomic E-state index is 0.00291. The highest BCUT2D eigenvalue weighted by Gasteiger charge is 2.71. The maximum Gasteiger partial charge on any atom is 0.331 e. The molecule has 8 rings (SSSR count). The van der Waals surface area contributed by atoms with Crippen LogP contribution in [0.1, 0.15) is 112 Å². The van der Waals surface area contributed by atoms with Crippen LogP contribution >= 0.6 is 0 Å². The Labute approximate surface area is 341 Å². The van der Waals surface area contributed by atoms with Crippen LogP contribution in [0.5, 0.6) is 0 Å². The van der Waals surface area contributed by atoms with Crippen LogP contribution in [0, 0.1) is 34.5 Å². The number of hydrogen-bond donors (Lipinski definition) is 5. The average Bonchev–Trinajstić information content (AvgIpc) is 3.66. The van der Waals surface area contributed by atoms with E-state index in [1.165, 1.54) is 13.0 Å². The zero-order valence-electron chi connectivity index (χ0n) is 34.8. The summed E-state index contributed by atoms with van der Waals surface area (Å²) < 4.78 is 48.1. The van der Waals surface area contributed by atoms with E-state index in [-0.39, 0.29) is 61.2 Å². The van der Waals surface area contributed by atoms with E-state index in [1.807, 2.05) is 6.92 Å². The number of aliphatic hydroxyl groups is 5. The van der Waals surface area contributed by atoms with Gasteiger partial charge in [-0.25, -0.2) is 4.79 Å². The molecule has 0 aromatic carbocycles. The lowest BCUT2D eigenvalue weighted by Gasteiger charge is -2.63. The standard InChI is InChI=1S/C43H66O15/c1-20-38(49)29(45)15-35(52-20)57-40-22(3)54-36(17-31(40)47)58-39-21(2)53-34(16-30(39)46)56-26-9-11-41(5)25(14-26)7-8-28-27(41)10-12-42(6)37(24-13-33(48)51-19-24)32(55-23(4)44)18-43(28,42)50/h13,20-22,25-32,34-40,45-47,49-50H,7-12,14-19H2,1-6H3/t20-,21-,22-,25-,26-,27+,28-,29+,30+,31+,32-,34+,35-,36-,37-,38-,39-,40-,41+,42-,43+/m1/s1. The van der Waals surface area contributed by atoms with Crippen LogP contribution in [0.4, 0.5) is 0 Å². The van der Waals surface area contributed by atoms with Gasteiger partial charge in [0.15, 0.2) is 18.9 Å². The van der Waals surface area contributed by atoms with E-state index >= 15 is 0 Å². The molecule has 15 heteroatoms. The summed E-state index contributed by atoms with van der Waals surface area (Å²) in [5.74, 6) is -0.330. The fraction of sp³-hybridized carbons (Fsp3) is 0.907. The molecule has 4 saturated carbocycles. The predicted molar refractivity (Wildman–Crippen MR) is 202 cm³/mol. The molecule has 0 radical (unpaired) electrons. The summed E-state index contributed by atoms with van der Waals surface area (Å²) in [5, 5.41) is 55.4. The van der Waals surface area contributed by atoms with Gasteiger partial charge >= 0.3 is 11.9 Å². The van der Waals surface area contributed by atoms with Crippen molar-refractivity contribution in [2.75, 3.05) is 6.61 Å². The molecule has 0 amide bonds. The number of cyclic esters (lactones) is 1. The number of ether oxygens (including phenoxy) is 8. The molecular formula is C43H66O15. The molecule has 0 bridgehead atoms. The largest absolute Gasteiger partial charge is 0.462 e. The Kier molecular flexibility index (Phi) is 12.0. The summed E-state index contributed by atoms with van der Waals surface area (Å²) in [5.41, 5.74) is -0.805. The fourth-order valence-electron chi connectivity index (χ4n) is 13.2. The number of hydrogen-bond acceptors (Lipinski definition) is 15. The van der Waals surface area contributed by atoms with Crippen LogP contribution in [-0.2, 0) is 47.5 Å². The van der Waals surface area contributed by atoms with E-state index in [2.05, 4.69) is 13.8 Å². The van der Waals surface area contributed by atoms with Crippen LogP contribution in [0.25, 0.3) is 0 Å². The number of fused-ring (bicyclic) bond motifs is 5. The molecule has 4 aliphatic heterocycles. The normalized spacial score (nSPS) is 53.2. The van der Waals surface area contributed by atoms with E-state index in [1.54, 1.807) is 13.8 Å². The Bertz CT molecular complexity index is 1520. The van der Waals surface area contributed by atoms with Crippen molar-refractivity contribution in [3.63, 3.8) is 0 Å². The molecule has 7 fully saturated rings. The van der Waals surface area contributed by atoms with Crippen molar-refractivity contribution in [3.8, 4) is 0 Å². The highest BCUT2D eigenvalue weighted by molar-refractivity contribution is 5.85. The van der Waals surface area contributed by atoms with Gasteiger partial charge in [-0.1, -0.05) is 13.8 Å². The Hall–Kier alpha value is -1.76. The van der Waals surface area contributed by atoms with Crippen LogP contribution in [0.15, 0.2) is 11.6 Å². The zero-order valence-corrected chi connectivity index (χ0v) is 34.8. The zero-order chi connectivity index (χ0) is 41.5. The molecule has 4 heterocycles. The van der Waals surface area contributed by atoms with Crippen molar-refractivity contribution in [1.82, 2.24) is 0 Å². The van der Waals surface area contributed by atoms with Gasteiger partial charge in [0.05, 0.1) is 48.3 Å². The second-order valence-electron chi connectivity index (χ2n) is 19.5. The van der Waals surface area contributed by atoms with Gasteiger partial charge in [0.1, 0.15) is 31.0 Å². The Morgan fingerprint density at radius 3 is 1.93 bits per heavy atom. The first kappa shape index (κ1) is 42.9. The summed E-state index contributed by atoms with van der Waals surface area (Å²) in [6.07, 6.45) is -1.36. The SMILES string of the molecule is CC(=O)O[C@@H]1C[C@]2(O)[C@@H]3CC[C@@H]4C[C@H](O[C@H]5C[C@H](O)[C@H](O[C@@H]6C[C@H](O)[C@H](O[C@@H]7C[C@H](O)[C@H](O)[C@@H](C)O7)[C@@H](C)O6)[C@@H](C)O5)CC[C@]4(C)[C@H]3CC[C@]2(C)[C@@H]1C1=CC(=O)OC1. The van der Waals surface area contributed by atoms with Gasteiger partial charge < -0.3 is 63.4 Å². The number of esters is 2. The van der Waals surface area contributed by atoms with Crippen molar-refractivity contribution < 1.29 is 73.0 Å². The maximum absolute atomic E-state index is 12.8. The molecule has 0 aromatic heterocycles. The second-order valence-corrected chi connectivity index (χ2v) is 19.5. The van der Waals surface area contributed by atoms with Gasteiger partial charge in [-0.05, 0) is 94.5 Å². The first-order valence-electron chi connectivity index (χ1n) is 21.8. The second kappa shape index (κ2) is 16.2. The van der Waals surface area contributed by atoms with Gasteiger partial charge in [-0.15, -0.1) is 0 Å². The van der Waals surface area contributed by atoms with E-state index in [9.17, 15) is 35.1 Å². The summed E-state index contributed by atoms with van der Waals surface area (Å²) >= 11 is 0. The quantitative estimate of drug-likeness (QED) is 0.176. The Balaban J connectivity index is 0.848. The highest BCUT2D eigenvalue weighted by Crippen LogP contribution is 2.70. The van der Waals surface area contributed by atoms with Gasteiger partial charge in [-0.3, -0.25) is 4.79 Å². The van der Waals surface area contributed by atoms with Crippen molar-refractivity contribution in [3.05, 3.63) is 11.6 Å². The van der Waals surface area contributed by atoms with Gasteiger partial charge in [-0.2, -0.15) is 0 Å². The van der Waals surface area contributed by atoms with Crippen LogP contribution in [0.2, 0.25) is 0 Å². The van der Waals surface area contributed by atoms with Crippen molar-refractivity contribution in [2.45, 2.75) is 204 Å². The van der Waals surface area contributed by atoms with E-state index in [0.717, 1.165) is 50.5 Å². The van der Waals surface area contributed by atoms with Gasteiger partial charge in [0, 0.05) is 50.0 Å². The molecule has 4 aliphatic carbocycles. The number of aliphatic hydroxyl groups excluding tert-OH is 4. The smallest absolute Gasteiger partial charge is 0.331 e. The lowest BCUT2D eigenvalue weighted by Crippen LogP contribution is -2.62. The predicted octanol–water partition coefficient (Wildman–Crippen LogP) is 2.79. The van der Waals surface area contributed by atoms with E-state index < -0.39 is 90.9 Å². The molecule has 3 saturated heterocycles. The fourth-order valence-corrected chi connectivity index (χ4v) is 13.2. The van der Waals surface area contributed by atoms with E-state index in [4.69, 9.17) is 37.9 Å². The number of carbonyl (C=O) groups excluding carboxylic acids is 2. The molecule has 21 atom stereocenters. The monoisotopic (exact) mass is 822 g/mol. The third-order valence-electron chi connectivity index (χ3n) is 16.1. The molecule has 5 N–H and O–H groups in total. The van der Waals surface area contributed by atoms with E-state index in [0.29, 0.717) is 18.3 Å².